The summed E-state index contributed by atoms with van der Waals surface area (Å²) in [6.07, 6.45) is -3.67. The second-order valence-electron chi connectivity index (χ2n) is 6.99. The summed E-state index contributed by atoms with van der Waals surface area (Å²) in [5.41, 5.74) is 1.57. The molecule has 1 N–H and O–H groups in total. The summed E-state index contributed by atoms with van der Waals surface area (Å²) in [4.78, 5) is 0. The van der Waals surface area contributed by atoms with Crippen LogP contribution in [0.2, 0.25) is 0 Å². The molecule has 0 unspecified atom stereocenters. The molecule has 0 saturated carbocycles. The average molecular weight is 439 g/mol. The molecule has 4 rings (SSSR count). The number of thiophene rings is 1. The Kier molecular flexibility index (Phi) is 5.61. The number of ether oxygens (including phenoxy) is 2. The summed E-state index contributed by atoms with van der Waals surface area (Å²) >= 11 is 1.60. The predicted molar refractivity (Wildman–Crippen MR) is 120 cm³/mol. The molecule has 4 nitrogen and oxygen atoms in total. The molecule has 7 heteroatoms. The number of alkyl halides is 2. The minimum Gasteiger partial charge on any atom is -0.465 e. The average Bonchev–Trinajstić information content (AvgIpc) is 3.13. The number of benzene rings is 3. The van der Waals surface area contributed by atoms with Crippen molar-refractivity contribution in [3.05, 3.63) is 78.9 Å². The Morgan fingerprint density at radius 3 is 2.45 bits per heavy atom. The van der Waals surface area contributed by atoms with E-state index in [0.717, 1.165) is 25.7 Å². The Morgan fingerprint density at radius 2 is 1.74 bits per heavy atom. The van der Waals surface area contributed by atoms with Crippen molar-refractivity contribution >= 4 is 37.4 Å². The molecule has 0 atom stereocenters. The third-order valence-corrected chi connectivity index (χ3v) is 5.80. The minimum absolute atomic E-state index is 0.0358. The van der Waals surface area contributed by atoms with Crippen molar-refractivity contribution in [3.8, 4) is 16.9 Å². The van der Waals surface area contributed by atoms with Gasteiger partial charge in [-0.1, -0.05) is 55.1 Å². The summed E-state index contributed by atoms with van der Waals surface area (Å²) in [5, 5.41) is 13.6. The lowest BCUT2D eigenvalue weighted by molar-refractivity contribution is -0.197. The Balaban J connectivity index is 1.81. The first-order valence-electron chi connectivity index (χ1n) is 9.47. The van der Waals surface area contributed by atoms with Gasteiger partial charge in [0.1, 0.15) is 5.75 Å². The zero-order chi connectivity index (χ0) is 22.0. The number of hydrogen-bond acceptors (Lipinski definition) is 5. The van der Waals surface area contributed by atoms with Gasteiger partial charge in [-0.15, -0.1) is 11.3 Å². The molecular formula is C24H19F2NO3S. The van der Waals surface area contributed by atoms with Gasteiger partial charge < -0.3 is 14.7 Å². The van der Waals surface area contributed by atoms with E-state index >= 15 is 0 Å². The lowest BCUT2D eigenvalue weighted by Crippen LogP contribution is -2.32. The van der Waals surface area contributed by atoms with Crippen LogP contribution in [0.4, 0.5) is 8.78 Å². The molecular weight excluding hydrogens is 420 g/mol. The molecule has 0 aliphatic rings. The van der Waals surface area contributed by atoms with Gasteiger partial charge in [0.25, 0.3) is 5.90 Å². The van der Waals surface area contributed by atoms with Crippen LogP contribution in [-0.2, 0) is 4.74 Å². The van der Waals surface area contributed by atoms with Crippen LogP contribution >= 0.6 is 11.3 Å². The summed E-state index contributed by atoms with van der Waals surface area (Å²) in [6.45, 7) is 3.88. The summed E-state index contributed by atoms with van der Waals surface area (Å²) < 4.78 is 41.5. The van der Waals surface area contributed by atoms with E-state index in [9.17, 15) is 8.78 Å². The summed E-state index contributed by atoms with van der Waals surface area (Å²) in [7, 11) is 0. The molecule has 0 radical (unpaired) electrons. The number of oxime groups is 1. The van der Waals surface area contributed by atoms with Crippen molar-refractivity contribution in [1.29, 1.82) is 0 Å². The number of rotatable bonds is 6. The first-order chi connectivity index (χ1) is 14.9. The molecule has 158 valence electrons. The standard InChI is InChI=1S/C24H19F2NO3S/c1-15(2)23(27-28)29-14-24(25,26)30-18-12-13-20-22(17-10-6-7-11-19(17)31-20)21(18)16-8-4-3-5-9-16/h3-13,28H,1,14H2,2H3. The van der Waals surface area contributed by atoms with Crippen LogP contribution in [0.15, 0.2) is 84.0 Å². The molecule has 3 aromatic carbocycles. The zero-order valence-electron chi connectivity index (χ0n) is 16.6. The molecule has 0 fully saturated rings. The summed E-state index contributed by atoms with van der Waals surface area (Å²) in [5.74, 6) is -0.334. The Labute approximate surface area is 181 Å². The fourth-order valence-electron chi connectivity index (χ4n) is 3.35. The summed E-state index contributed by atoms with van der Waals surface area (Å²) in [6, 6.07) is 20.5. The highest BCUT2D eigenvalue weighted by molar-refractivity contribution is 7.25. The number of hydrogen-bond donors (Lipinski definition) is 1. The highest BCUT2D eigenvalue weighted by atomic mass is 32.1. The minimum atomic E-state index is -3.67. The smallest absolute Gasteiger partial charge is 0.433 e. The molecule has 4 aromatic rings. The van der Waals surface area contributed by atoms with Crippen molar-refractivity contribution in [1.82, 2.24) is 0 Å². The highest BCUT2D eigenvalue weighted by Gasteiger charge is 2.35. The van der Waals surface area contributed by atoms with Crippen molar-refractivity contribution in [3.63, 3.8) is 0 Å². The van der Waals surface area contributed by atoms with E-state index in [2.05, 4.69) is 11.7 Å². The van der Waals surface area contributed by atoms with Gasteiger partial charge in [0.15, 0.2) is 6.61 Å². The van der Waals surface area contributed by atoms with Crippen LogP contribution in [0, 0.1) is 0 Å². The Hall–Kier alpha value is -3.45. The molecule has 0 spiro atoms. The van der Waals surface area contributed by atoms with E-state index < -0.39 is 12.7 Å². The third-order valence-electron chi connectivity index (χ3n) is 4.66. The lowest BCUT2D eigenvalue weighted by atomic mass is 9.98. The number of fused-ring (bicyclic) bond motifs is 3. The second-order valence-corrected chi connectivity index (χ2v) is 8.07. The molecule has 0 aliphatic carbocycles. The highest BCUT2D eigenvalue weighted by Crippen LogP contribution is 2.45. The molecule has 1 aromatic heterocycles. The first kappa shape index (κ1) is 20.8. The predicted octanol–water partition coefficient (Wildman–Crippen LogP) is 7.07. The molecule has 31 heavy (non-hydrogen) atoms. The van der Waals surface area contributed by atoms with Crippen molar-refractivity contribution in [2.45, 2.75) is 13.0 Å². The van der Waals surface area contributed by atoms with Gasteiger partial charge in [0, 0.05) is 31.3 Å². The third kappa shape index (κ3) is 4.22. The number of nitrogens with zero attached hydrogens (tertiary/aromatic N) is 1. The zero-order valence-corrected chi connectivity index (χ0v) is 17.5. The first-order valence-corrected chi connectivity index (χ1v) is 10.3. The van der Waals surface area contributed by atoms with Crippen molar-refractivity contribution in [2.75, 3.05) is 6.61 Å². The van der Waals surface area contributed by atoms with Crippen LogP contribution in [0.5, 0.6) is 5.75 Å². The van der Waals surface area contributed by atoms with Gasteiger partial charge >= 0.3 is 6.11 Å². The van der Waals surface area contributed by atoms with Crippen LogP contribution < -0.4 is 4.74 Å². The molecule has 1 heterocycles. The van der Waals surface area contributed by atoms with Gasteiger partial charge in [-0.2, -0.15) is 8.78 Å². The van der Waals surface area contributed by atoms with Crippen molar-refractivity contribution < 1.29 is 23.5 Å². The van der Waals surface area contributed by atoms with Crippen molar-refractivity contribution in [2.24, 2.45) is 5.16 Å². The van der Waals surface area contributed by atoms with Crippen LogP contribution in [0.25, 0.3) is 31.3 Å². The largest absolute Gasteiger partial charge is 0.465 e. The van der Waals surface area contributed by atoms with Crippen LogP contribution in [0.3, 0.4) is 0 Å². The van der Waals surface area contributed by atoms with Gasteiger partial charge in [0.2, 0.25) is 0 Å². The maximum absolute atomic E-state index is 14.7. The van der Waals surface area contributed by atoms with Gasteiger partial charge in [-0.05, 0) is 35.8 Å². The van der Waals surface area contributed by atoms with E-state index in [1.54, 1.807) is 23.5 Å². The number of halogens is 2. The topological polar surface area (TPSA) is 51.1 Å². The van der Waals surface area contributed by atoms with Crippen LogP contribution in [0.1, 0.15) is 6.92 Å². The van der Waals surface area contributed by atoms with E-state index in [1.165, 1.54) is 6.92 Å². The van der Waals surface area contributed by atoms with E-state index in [1.807, 2.05) is 54.6 Å². The van der Waals surface area contributed by atoms with E-state index in [0.29, 0.717) is 5.56 Å². The lowest BCUT2D eigenvalue weighted by Gasteiger charge is -2.21. The van der Waals surface area contributed by atoms with Gasteiger partial charge in [0.05, 0.1) is 0 Å². The second kappa shape index (κ2) is 8.35. The molecule has 0 amide bonds. The Bertz CT molecular complexity index is 1280. The maximum Gasteiger partial charge on any atom is 0.433 e. The van der Waals surface area contributed by atoms with Crippen LogP contribution in [-0.4, -0.2) is 23.8 Å². The van der Waals surface area contributed by atoms with Gasteiger partial charge in [-0.3, -0.25) is 0 Å². The van der Waals surface area contributed by atoms with E-state index in [4.69, 9.17) is 14.7 Å². The molecule has 0 saturated heterocycles. The maximum atomic E-state index is 14.7. The van der Waals surface area contributed by atoms with E-state index in [-0.39, 0.29) is 17.2 Å². The Morgan fingerprint density at radius 1 is 1.03 bits per heavy atom. The monoisotopic (exact) mass is 439 g/mol. The normalized spacial score (nSPS) is 12.3. The molecule has 0 bridgehead atoms. The fraction of sp³-hybridized carbons (Fsp3) is 0.125. The molecule has 0 aliphatic heterocycles. The SMILES string of the molecule is C=C(C)C(=NO)OCC(F)(F)Oc1ccc2sc3ccccc3c2c1-c1ccccc1. The van der Waals surface area contributed by atoms with Gasteiger partial charge in [-0.25, -0.2) is 0 Å². The fourth-order valence-corrected chi connectivity index (χ4v) is 4.47. The quantitative estimate of drug-likeness (QED) is 0.151.